The number of aromatic carboxylic acids is 1. The fourth-order valence-corrected chi connectivity index (χ4v) is 2.11. The summed E-state index contributed by atoms with van der Waals surface area (Å²) in [5.41, 5.74) is 1.18. The van der Waals surface area contributed by atoms with Crippen LogP contribution in [0.15, 0.2) is 36.4 Å². The van der Waals surface area contributed by atoms with E-state index in [2.05, 4.69) is 5.32 Å². The van der Waals surface area contributed by atoms with Crippen LogP contribution in [0.1, 0.15) is 26.3 Å². The number of carboxylic acid groups (broad SMARTS) is 1. The summed E-state index contributed by atoms with van der Waals surface area (Å²) in [5, 5.41) is 13.7. The number of carbonyl (C=O) groups is 2. The summed E-state index contributed by atoms with van der Waals surface area (Å²) in [7, 11) is 2.96. The van der Waals surface area contributed by atoms with E-state index in [1.807, 2.05) is 0 Å². The zero-order valence-electron chi connectivity index (χ0n) is 13.0. The number of methoxy groups -OCH3 is 2. The van der Waals surface area contributed by atoms with Crippen LogP contribution in [0.5, 0.6) is 11.5 Å². The lowest BCUT2D eigenvalue weighted by atomic mass is 10.1. The molecule has 120 valence electrons. The number of hydrogen-bond acceptors (Lipinski definition) is 5. The Morgan fingerprint density at radius 3 is 2.30 bits per heavy atom. The van der Waals surface area contributed by atoms with E-state index in [4.69, 9.17) is 9.47 Å². The first kappa shape index (κ1) is 16.4. The van der Waals surface area contributed by atoms with Crippen LogP contribution in [0.3, 0.4) is 0 Å². The summed E-state index contributed by atoms with van der Waals surface area (Å²) in [6, 6.07) is 9.35. The van der Waals surface area contributed by atoms with Gasteiger partial charge in [-0.05, 0) is 37.3 Å². The van der Waals surface area contributed by atoms with Crippen LogP contribution in [-0.2, 0) is 0 Å². The third-order valence-corrected chi connectivity index (χ3v) is 3.29. The smallest absolute Gasteiger partial charge is 0.255 e. The molecule has 0 radical (unpaired) electrons. The largest absolute Gasteiger partial charge is 0.545 e. The molecule has 0 aromatic heterocycles. The lowest BCUT2D eigenvalue weighted by Crippen LogP contribution is -2.25. The first-order valence-corrected chi connectivity index (χ1v) is 6.81. The van der Waals surface area contributed by atoms with Crippen molar-refractivity contribution in [2.75, 3.05) is 19.5 Å². The molecule has 1 N–H and O–H groups in total. The number of hydrogen-bond donors (Lipinski definition) is 1. The summed E-state index contributed by atoms with van der Waals surface area (Å²) in [6.07, 6.45) is 0. The molecule has 0 saturated heterocycles. The van der Waals surface area contributed by atoms with Crippen LogP contribution in [0.4, 0.5) is 5.69 Å². The van der Waals surface area contributed by atoms with E-state index < -0.39 is 11.9 Å². The van der Waals surface area contributed by atoms with Gasteiger partial charge in [-0.25, -0.2) is 0 Å². The molecule has 0 saturated carbocycles. The van der Waals surface area contributed by atoms with Crippen molar-refractivity contribution >= 4 is 17.6 Å². The molecule has 0 aliphatic carbocycles. The highest BCUT2D eigenvalue weighted by atomic mass is 16.5. The molecule has 2 aromatic rings. The second kappa shape index (κ2) is 6.83. The molecule has 0 fully saturated rings. The Bertz CT molecular complexity index is 755. The van der Waals surface area contributed by atoms with Crippen LogP contribution in [-0.4, -0.2) is 26.1 Å². The predicted molar refractivity (Wildman–Crippen MR) is 83.0 cm³/mol. The van der Waals surface area contributed by atoms with Gasteiger partial charge in [0.15, 0.2) is 11.5 Å². The normalized spacial score (nSPS) is 10.0. The molecule has 0 aliphatic heterocycles. The van der Waals surface area contributed by atoms with E-state index in [1.165, 1.54) is 32.4 Å². The van der Waals surface area contributed by atoms with E-state index in [-0.39, 0.29) is 11.3 Å². The predicted octanol–water partition coefficient (Wildman–Crippen LogP) is 1.63. The molecular formula is C17H16NO5-. The fourth-order valence-electron chi connectivity index (χ4n) is 2.11. The Balaban J connectivity index is 2.31. The zero-order valence-corrected chi connectivity index (χ0v) is 13.0. The first-order chi connectivity index (χ1) is 11.0. The monoisotopic (exact) mass is 314 g/mol. The maximum absolute atomic E-state index is 12.3. The first-order valence-electron chi connectivity index (χ1n) is 6.81. The van der Waals surface area contributed by atoms with Gasteiger partial charge in [0.05, 0.1) is 25.9 Å². The molecular weight excluding hydrogens is 298 g/mol. The zero-order chi connectivity index (χ0) is 17.0. The van der Waals surface area contributed by atoms with Crippen molar-refractivity contribution in [3.63, 3.8) is 0 Å². The van der Waals surface area contributed by atoms with Crippen molar-refractivity contribution in [2.24, 2.45) is 0 Å². The molecule has 1 amide bonds. The van der Waals surface area contributed by atoms with Gasteiger partial charge in [-0.15, -0.1) is 0 Å². The van der Waals surface area contributed by atoms with Crippen LogP contribution < -0.4 is 19.9 Å². The van der Waals surface area contributed by atoms with Crippen molar-refractivity contribution in [3.05, 3.63) is 53.1 Å². The molecule has 0 heterocycles. The van der Waals surface area contributed by atoms with Gasteiger partial charge in [0.1, 0.15) is 0 Å². The van der Waals surface area contributed by atoms with Crippen molar-refractivity contribution < 1.29 is 24.2 Å². The second-order valence-electron chi connectivity index (χ2n) is 4.86. The summed E-state index contributed by atoms with van der Waals surface area (Å²) in [5.74, 6) is -0.910. The number of nitrogens with one attached hydrogen (secondary N) is 1. The molecule has 0 bridgehead atoms. The Morgan fingerprint density at radius 2 is 1.70 bits per heavy atom. The van der Waals surface area contributed by atoms with Gasteiger partial charge in [-0.2, -0.15) is 0 Å². The van der Waals surface area contributed by atoms with Gasteiger partial charge in [-0.1, -0.05) is 11.6 Å². The molecule has 6 nitrogen and oxygen atoms in total. The Kier molecular flexibility index (Phi) is 4.85. The Morgan fingerprint density at radius 1 is 1.00 bits per heavy atom. The Labute approximate surface area is 133 Å². The van der Waals surface area contributed by atoms with Crippen LogP contribution in [0.25, 0.3) is 0 Å². The number of ether oxygens (including phenoxy) is 2. The SMILES string of the molecule is COc1ccc(C(=O)Nc2ccc(C)cc2C(=O)[O-])cc1OC. The minimum atomic E-state index is -1.35. The highest BCUT2D eigenvalue weighted by molar-refractivity contribution is 6.07. The molecule has 0 spiro atoms. The van der Waals surface area contributed by atoms with Crippen molar-refractivity contribution in [2.45, 2.75) is 6.92 Å². The van der Waals surface area contributed by atoms with Gasteiger partial charge < -0.3 is 24.7 Å². The van der Waals surface area contributed by atoms with E-state index in [1.54, 1.807) is 25.1 Å². The molecule has 2 aromatic carbocycles. The number of amides is 1. The van der Waals surface area contributed by atoms with Gasteiger partial charge in [0.25, 0.3) is 5.91 Å². The number of carbonyl (C=O) groups excluding carboxylic acids is 2. The molecule has 0 unspecified atom stereocenters. The molecule has 23 heavy (non-hydrogen) atoms. The van der Waals surface area contributed by atoms with Gasteiger partial charge in [0, 0.05) is 11.1 Å². The number of aryl methyl sites for hydroxylation is 1. The minimum Gasteiger partial charge on any atom is -0.545 e. The number of carboxylic acids is 1. The summed E-state index contributed by atoms with van der Waals surface area (Å²) in [4.78, 5) is 23.5. The fraction of sp³-hybridized carbons (Fsp3) is 0.176. The molecule has 6 heteroatoms. The van der Waals surface area contributed by atoms with Crippen LogP contribution >= 0.6 is 0 Å². The maximum atomic E-state index is 12.3. The van der Waals surface area contributed by atoms with Gasteiger partial charge in [-0.3, -0.25) is 4.79 Å². The van der Waals surface area contributed by atoms with Crippen LogP contribution in [0, 0.1) is 6.92 Å². The highest BCUT2D eigenvalue weighted by Crippen LogP contribution is 2.28. The summed E-state index contributed by atoms with van der Waals surface area (Å²) >= 11 is 0. The summed E-state index contributed by atoms with van der Waals surface area (Å²) < 4.78 is 10.3. The lowest BCUT2D eigenvalue weighted by Gasteiger charge is -2.14. The second-order valence-corrected chi connectivity index (χ2v) is 4.86. The van der Waals surface area contributed by atoms with Gasteiger partial charge in [0.2, 0.25) is 0 Å². The lowest BCUT2D eigenvalue weighted by molar-refractivity contribution is -0.254. The number of benzene rings is 2. The van der Waals surface area contributed by atoms with E-state index >= 15 is 0 Å². The third-order valence-electron chi connectivity index (χ3n) is 3.29. The minimum absolute atomic E-state index is 0.0705. The topological polar surface area (TPSA) is 87.7 Å². The van der Waals surface area contributed by atoms with Crippen molar-refractivity contribution in [1.82, 2.24) is 0 Å². The average Bonchev–Trinajstić information content (AvgIpc) is 2.55. The average molecular weight is 314 g/mol. The third kappa shape index (κ3) is 3.60. The quantitative estimate of drug-likeness (QED) is 0.906. The molecule has 0 aliphatic rings. The van der Waals surface area contributed by atoms with E-state index in [0.717, 1.165) is 5.56 Å². The molecule has 0 atom stereocenters. The standard InChI is InChI=1S/C17H17NO5/c1-10-4-6-13(12(8-10)17(20)21)18-16(19)11-5-7-14(22-2)15(9-11)23-3/h4-9H,1-3H3,(H,18,19)(H,20,21)/p-1. The van der Waals surface area contributed by atoms with Crippen molar-refractivity contribution in [1.29, 1.82) is 0 Å². The molecule has 2 rings (SSSR count). The highest BCUT2D eigenvalue weighted by Gasteiger charge is 2.13. The van der Waals surface area contributed by atoms with Crippen LogP contribution in [0.2, 0.25) is 0 Å². The van der Waals surface area contributed by atoms with Crippen molar-refractivity contribution in [3.8, 4) is 11.5 Å². The van der Waals surface area contributed by atoms with E-state index in [9.17, 15) is 14.7 Å². The van der Waals surface area contributed by atoms with E-state index in [0.29, 0.717) is 17.1 Å². The Hall–Kier alpha value is -3.02. The van der Waals surface area contributed by atoms with Gasteiger partial charge >= 0.3 is 0 Å². The number of rotatable bonds is 5. The maximum Gasteiger partial charge on any atom is 0.255 e. The number of anilines is 1. The summed E-state index contributed by atoms with van der Waals surface area (Å²) in [6.45, 7) is 1.76.